The monoisotopic (exact) mass is 292 g/mol. The molecule has 0 radical (unpaired) electrons. The minimum Gasteiger partial charge on any atom is -0.422 e. The van der Waals surface area contributed by atoms with Crippen LogP contribution >= 0.6 is 0 Å². The van der Waals surface area contributed by atoms with Gasteiger partial charge in [-0.2, -0.15) is 0 Å². The summed E-state index contributed by atoms with van der Waals surface area (Å²) in [6.45, 7) is 3.87. The van der Waals surface area contributed by atoms with E-state index >= 15 is 0 Å². The quantitative estimate of drug-likeness (QED) is 0.693. The van der Waals surface area contributed by atoms with Gasteiger partial charge in [-0.3, -0.25) is 0 Å². The zero-order valence-electron chi connectivity index (χ0n) is 11.6. The van der Waals surface area contributed by atoms with Crippen molar-refractivity contribution in [1.82, 2.24) is 4.98 Å². The fraction of sp³-hybridized carbons (Fsp3) is 0.200. The second-order valence-corrected chi connectivity index (χ2v) is 4.70. The van der Waals surface area contributed by atoms with Crippen LogP contribution < -0.4 is 10.1 Å². The summed E-state index contributed by atoms with van der Waals surface area (Å²) in [7, 11) is 0. The van der Waals surface area contributed by atoms with E-state index in [4.69, 9.17) is 4.74 Å². The van der Waals surface area contributed by atoms with Crippen LogP contribution in [0.3, 0.4) is 0 Å². The van der Waals surface area contributed by atoms with Gasteiger partial charge in [0, 0.05) is 24.2 Å². The number of carbonyl (C=O) groups is 1. The normalized spacial score (nSPS) is 10.5. The van der Waals surface area contributed by atoms with Crippen molar-refractivity contribution >= 4 is 11.8 Å². The second-order valence-electron chi connectivity index (χ2n) is 4.70. The van der Waals surface area contributed by atoms with Crippen LogP contribution in [0, 0.1) is 11.6 Å². The topological polar surface area (TPSA) is 51.2 Å². The van der Waals surface area contributed by atoms with Crippen molar-refractivity contribution in [2.75, 3.05) is 5.32 Å². The highest BCUT2D eigenvalue weighted by atomic mass is 19.1. The molecule has 0 bridgehead atoms. The SMILES string of the molecule is CC(C)Nc1cccc(C(=O)Oc2cc(F)cc(F)c2)n1. The van der Waals surface area contributed by atoms with Crippen molar-refractivity contribution in [2.24, 2.45) is 0 Å². The molecule has 0 unspecified atom stereocenters. The van der Waals surface area contributed by atoms with Crippen LogP contribution in [0.2, 0.25) is 0 Å². The van der Waals surface area contributed by atoms with E-state index < -0.39 is 17.6 Å². The summed E-state index contributed by atoms with van der Waals surface area (Å²) in [5.74, 6) is -2.11. The molecule has 0 fully saturated rings. The summed E-state index contributed by atoms with van der Waals surface area (Å²) in [6, 6.07) is 7.51. The van der Waals surface area contributed by atoms with Gasteiger partial charge in [-0.15, -0.1) is 0 Å². The van der Waals surface area contributed by atoms with Crippen molar-refractivity contribution in [1.29, 1.82) is 0 Å². The van der Waals surface area contributed by atoms with Crippen molar-refractivity contribution in [3.8, 4) is 5.75 Å². The van der Waals surface area contributed by atoms with Crippen LogP contribution in [-0.4, -0.2) is 17.0 Å². The maximum Gasteiger partial charge on any atom is 0.362 e. The molecule has 0 saturated carbocycles. The Hall–Kier alpha value is -2.50. The lowest BCUT2D eigenvalue weighted by Gasteiger charge is -2.10. The molecule has 1 aromatic heterocycles. The lowest BCUT2D eigenvalue weighted by Crippen LogP contribution is -2.15. The van der Waals surface area contributed by atoms with Crippen molar-refractivity contribution in [3.63, 3.8) is 0 Å². The Labute approximate surface area is 120 Å². The first-order valence-corrected chi connectivity index (χ1v) is 6.36. The minimum absolute atomic E-state index is 0.0466. The molecule has 0 saturated heterocycles. The number of halogens is 2. The summed E-state index contributed by atoms with van der Waals surface area (Å²) < 4.78 is 31.0. The number of rotatable bonds is 4. The Balaban J connectivity index is 2.16. The van der Waals surface area contributed by atoms with Crippen LogP contribution in [0.15, 0.2) is 36.4 Å². The number of pyridine rings is 1. The molecule has 2 rings (SSSR count). The Kier molecular flexibility index (Phi) is 4.47. The van der Waals surface area contributed by atoms with E-state index in [1.165, 1.54) is 6.07 Å². The van der Waals surface area contributed by atoms with E-state index in [9.17, 15) is 13.6 Å². The number of esters is 1. The average Bonchev–Trinajstić information content (AvgIpc) is 2.36. The Morgan fingerprint density at radius 1 is 1.19 bits per heavy atom. The summed E-state index contributed by atoms with van der Waals surface area (Å²) >= 11 is 0. The number of anilines is 1. The second kappa shape index (κ2) is 6.30. The third kappa shape index (κ3) is 4.24. The molecule has 1 N–H and O–H groups in total. The third-order valence-corrected chi connectivity index (χ3v) is 2.44. The summed E-state index contributed by atoms with van der Waals surface area (Å²) in [6.07, 6.45) is 0. The Morgan fingerprint density at radius 2 is 1.86 bits per heavy atom. The first kappa shape index (κ1) is 14.9. The van der Waals surface area contributed by atoms with Crippen LogP contribution in [0.25, 0.3) is 0 Å². The molecule has 0 aliphatic heterocycles. The molecular formula is C15H14F2N2O2. The highest BCUT2D eigenvalue weighted by molar-refractivity contribution is 5.89. The standard InChI is InChI=1S/C15H14F2N2O2/c1-9(2)18-14-5-3-4-13(19-14)15(20)21-12-7-10(16)6-11(17)8-12/h3-9H,1-2H3,(H,18,19). The molecule has 110 valence electrons. The predicted molar refractivity (Wildman–Crippen MR) is 74.3 cm³/mol. The number of nitrogens with one attached hydrogen (secondary N) is 1. The van der Waals surface area contributed by atoms with Gasteiger partial charge >= 0.3 is 5.97 Å². The van der Waals surface area contributed by atoms with Gasteiger partial charge < -0.3 is 10.1 Å². The number of nitrogens with zero attached hydrogens (tertiary/aromatic N) is 1. The van der Waals surface area contributed by atoms with E-state index in [0.717, 1.165) is 12.1 Å². The zero-order valence-corrected chi connectivity index (χ0v) is 11.6. The number of aromatic nitrogens is 1. The number of hydrogen-bond acceptors (Lipinski definition) is 4. The van der Waals surface area contributed by atoms with E-state index in [1.807, 2.05) is 13.8 Å². The van der Waals surface area contributed by atoms with Gasteiger partial charge in [-0.25, -0.2) is 18.6 Å². The van der Waals surface area contributed by atoms with Crippen LogP contribution in [0.1, 0.15) is 24.3 Å². The molecule has 0 amide bonds. The molecule has 0 aliphatic rings. The molecule has 21 heavy (non-hydrogen) atoms. The maximum absolute atomic E-state index is 13.0. The summed E-state index contributed by atoms with van der Waals surface area (Å²) in [5, 5.41) is 3.04. The molecule has 6 heteroatoms. The average molecular weight is 292 g/mol. The van der Waals surface area contributed by atoms with Crippen LogP contribution in [0.4, 0.5) is 14.6 Å². The highest BCUT2D eigenvalue weighted by Gasteiger charge is 2.12. The molecule has 0 spiro atoms. The van der Waals surface area contributed by atoms with E-state index in [2.05, 4.69) is 10.3 Å². The smallest absolute Gasteiger partial charge is 0.362 e. The van der Waals surface area contributed by atoms with Gasteiger partial charge in [0.15, 0.2) is 5.69 Å². The van der Waals surface area contributed by atoms with Gasteiger partial charge in [-0.05, 0) is 26.0 Å². The first-order chi connectivity index (χ1) is 9.94. The van der Waals surface area contributed by atoms with E-state index in [-0.39, 0.29) is 17.5 Å². The van der Waals surface area contributed by atoms with Crippen LogP contribution in [-0.2, 0) is 0 Å². The number of carbonyl (C=O) groups excluding carboxylic acids is 1. The zero-order chi connectivity index (χ0) is 15.4. The summed E-state index contributed by atoms with van der Waals surface area (Å²) in [4.78, 5) is 16.0. The molecular weight excluding hydrogens is 278 g/mol. The number of ether oxygens (including phenoxy) is 1. The van der Waals surface area contributed by atoms with Gasteiger partial charge in [0.05, 0.1) is 0 Å². The molecule has 0 aliphatic carbocycles. The fourth-order valence-corrected chi connectivity index (χ4v) is 1.67. The molecule has 2 aromatic rings. The first-order valence-electron chi connectivity index (χ1n) is 6.36. The largest absolute Gasteiger partial charge is 0.422 e. The Bertz CT molecular complexity index is 640. The third-order valence-electron chi connectivity index (χ3n) is 2.44. The lowest BCUT2D eigenvalue weighted by atomic mass is 10.3. The fourth-order valence-electron chi connectivity index (χ4n) is 1.67. The minimum atomic E-state index is -0.819. The van der Waals surface area contributed by atoms with Gasteiger partial charge in [0.2, 0.25) is 0 Å². The molecule has 4 nitrogen and oxygen atoms in total. The van der Waals surface area contributed by atoms with Crippen LogP contribution in [0.5, 0.6) is 5.75 Å². The van der Waals surface area contributed by atoms with E-state index in [0.29, 0.717) is 11.9 Å². The summed E-state index contributed by atoms with van der Waals surface area (Å²) in [5.41, 5.74) is 0.0466. The maximum atomic E-state index is 13.0. The molecule has 0 atom stereocenters. The van der Waals surface area contributed by atoms with Crippen molar-refractivity contribution in [2.45, 2.75) is 19.9 Å². The van der Waals surface area contributed by atoms with Gasteiger partial charge in [0.1, 0.15) is 23.2 Å². The van der Waals surface area contributed by atoms with Gasteiger partial charge in [-0.1, -0.05) is 6.07 Å². The van der Waals surface area contributed by atoms with Gasteiger partial charge in [0.25, 0.3) is 0 Å². The Morgan fingerprint density at radius 3 is 2.48 bits per heavy atom. The lowest BCUT2D eigenvalue weighted by molar-refractivity contribution is 0.0728. The predicted octanol–water partition coefficient (Wildman–Crippen LogP) is 3.40. The molecule has 1 heterocycles. The molecule has 1 aromatic carbocycles. The number of benzene rings is 1. The van der Waals surface area contributed by atoms with E-state index in [1.54, 1.807) is 12.1 Å². The van der Waals surface area contributed by atoms with Crippen molar-refractivity contribution in [3.05, 3.63) is 53.7 Å². The van der Waals surface area contributed by atoms with Crippen molar-refractivity contribution < 1.29 is 18.3 Å². The number of hydrogen-bond donors (Lipinski definition) is 1. The highest BCUT2D eigenvalue weighted by Crippen LogP contribution is 2.17.